The Balaban J connectivity index is 0.00000196. The van der Waals surface area contributed by atoms with E-state index in [1.54, 1.807) is 0 Å². The van der Waals surface area contributed by atoms with Gasteiger partial charge in [0.2, 0.25) is 5.91 Å². The molecule has 1 aromatic carbocycles. The largest absolute Gasteiger partial charge is 0.490 e. The van der Waals surface area contributed by atoms with Crippen LogP contribution in [0.2, 0.25) is 0 Å². The molecule has 2 heterocycles. The summed E-state index contributed by atoms with van der Waals surface area (Å²) in [7, 11) is 0. The van der Waals surface area contributed by atoms with Crippen molar-refractivity contribution in [3.05, 3.63) is 29.3 Å². The van der Waals surface area contributed by atoms with E-state index in [-0.39, 0.29) is 18.5 Å². The van der Waals surface area contributed by atoms with Crippen LogP contribution in [0.15, 0.2) is 18.2 Å². The summed E-state index contributed by atoms with van der Waals surface area (Å²) >= 11 is 0. The number of likely N-dealkylation sites (tertiary alicyclic amines) is 1. The average molecular weight is 379 g/mol. The normalized spacial score (nSPS) is 24.8. The van der Waals surface area contributed by atoms with Crippen LogP contribution in [-0.2, 0) is 4.79 Å². The van der Waals surface area contributed by atoms with Crippen LogP contribution in [0.5, 0.6) is 5.75 Å². The van der Waals surface area contributed by atoms with Gasteiger partial charge in [0.15, 0.2) is 0 Å². The Kier molecular flexibility index (Phi) is 5.83. The number of carbonyl (C=O) groups excluding carboxylic acids is 1. The number of halogens is 1. The SMILES string of the molecule is Cc1ccc(OC2CCN(C(=O)C3CC34CCNCC4)CC2)cc1C.Cl. The minimum absolute atomic E-state index is 0. The fourth-order valence-corrected chi connectivity index (χ4v) is 4.57. The standard InChI is InChI=1S/C21H30N2O2.ClH/c1-15-3-4-18(13-16(15)2)25-17-5-11-23(12-6-17)20(24)19-14-21(19)7-9-22-10-8-21;/h3-4,13,17,19,22H,5-12,14H2,1-2H3;1H. The highest BCUT2D eigenvalue weighted by molar-refractivity contribution is 5.85. The van der Waals surface area contributed by atoms with Gasteiger partial charge in [-0.25, -0.2) is 0 Å². The van der Waals surface area contributed by atoms with Gasteiger partial charge in [-0.1, -0.05) is 6.07 Å². The second-order valence-corrected chi connectivity index (χ2v) is 8.26. The summed E-state index contributed by atoms with van der Waals surface area (Å²) in [6, 6.07) is 6.30. The summed E-state index contributed by atoms with van der Waals surface area (Å²) < 4.78 is 6.16. The van der Waals surface area contributed by atoms with Gasteiger partial charge in [0.05, 0.1) is 0 Å². The number of amides is 1. The predicted molar refractivity (Wildman–Crippen MR) is 106 cm³/mol. The van der Waals surface area contributed by atoms with Gasteiger partial charge < -0.3 is 15.0 Å². The first-order valence-corrected chi connectivity index (χ1v) is 9.81. The number of hydrogen-bond donors (Lipinski definition) is 1. The lowest BCUT2D eigenvalue weighted by atomic mass is 9.91. The Hall–Kier alpha value is -1.26. The number of rotatable bonds is 3. The maximum absolute atomic E-state index is 12.8. The number of benzene rings is 1. The van der Waals surface area contributed by atoms with Crippen LogP contribution in [0.25, 0.3) is 0 Å². The summed E-state index contributed by atoms with van der Waals surface area (Å²) in [5.41, 5.74) is 2.91. The van der Waals surface area contributed by atoms with Crippen molar-refractivity contribution >= 4 is 18.3 Å². The zero-order valence-electron chi connectivity index (χ0n) is 15.9. The topological polar surface area (TPSA) is 41.6 Å². The van der Waals surface area contributed by atoms with Gasteiger partial charge in [0, 0.05) is 31.8 Å². The van der Waals surface area contributed by atoms with Crippen molar-refractivity contribution < 1.29 is 9.53 Å². The van der Waals surface area contributed by atoms with Gasteiger partial charge in [-0.15, -0.1) is 12.4 Å². The second kappa shape index (κ2) is 7.77. The van der Waals surface area contributed by atoms with Gasteiger partial charge in [-0.3, -0.25) is 4.79 Å². The minimum atomic E-state index is 0. The molecule has 3 aliphatic rings. The van der Waals surface area contributed by atoms with E-state index in [1.807, 2.05) is 0 Å². The number of piperidine rings is 2. The molecule has 0 aromatic heterocycles. The molecular formula is C21H31ClN2O2. The van der Waals surface area contributed by atoms with Crippen LogP contribution in [0.3, 0.4) is 0 Å². The molecule has 1 atom stereocenters. The third-order valence-electron chi connectivity index (χ3n) is 6.62. The van der Waals surface area contributed by atoms with E-state index in [1.165, 1.54) is 24.0 Å². The number of nitrogens with one attached hydrogen (secondary N) is 1. The van der Waals surface area contributed by atoms with Crippen molar-refractivity contribution in [2.24, 2.45) is 11.3 Å². The maximum atomic E-state index is 12.8. The van der Waals surface area contributed by atoms with Crippen molar-refractivity contribution in [1.82, 2.24) is 10.2 Å². The molecular weight excluding hydrogens is 348 g/mol. The molecule has 3 fully saturated rings. The van der Waals surface area contributed by atoms with Gasteiger partial charge >= 0.3 is 0 Å². The van der Waals surface area contributed by atoms with E-state index in [0.717, 1.165) is 51.2 Å². The summed E-state index contributed by atoms with van der Waals surface area (Å²) in [5.74, 6) is 1.67. The highest BCUT2D eigenvalue weighted by atomic mass is 35.5. The molecule has 5 heteroatoms. The first-order valence-electron chi connectivity index (χ1n) is 9.81. The average Bonchev–Trinajstić information content (AvgIpc) is 3.32. The number of hydrogen-bond acceptors (Lipinski definition) is 3. The number of carbonyl (C=O) groups is 1. The lowest BCUT2D eigenvalue weighted by Gasteiger charge is -2.33. The van der Waals surface area contributed by atoms with E-state index in [9.17, 15) is 4.79 Å². The van der Waals surface area contributed by atoms with Crippen LogP contribution in [0, 0.1) is 25.2 Å². The smallest absolute Gasteiger partial charge is 0.226 e. The van der Waals surface area contributed by atoms with Crippen LogP contribution in [-0.4, -0.2) is 43.1 Å². The third-order valence-corrected chi connectivity index (χ3v) is 6.62. The van der Waals surface area contributed by atoms with Gasteiger partial charge in [-0.05, 0) is 74.9 Å². The molecule has 1 amide bonds. The molecule has 1 spiro atoms. The zero-order chi connectivity index (χ0) is 17.4. The highest BCUT2D eigenvalue weighted by Crippen LogP contribution is 2.59. The molecule has 0 radical (unpaired) electrons. The molecule has 1 aromatic rings. The Labute approximate surface area is 163 Å². The lowest BCUT2D eigenvalue weighted by molar-refractivity contribution is -0.135. The summed E-state index contributed by atoms with van der Waals surface area (Å²) in [5, 5.41) is 3.41. The van der Waals surface area contributed by atoms with Crippen LogP contribution >= 0.6 is 12.4 Å². The van der Waals surface area contributed by atoms with Crippen molar-refractivity contribution in [1.29, 1.82) is 0 Å². The number of aryl methyl sites for hydroxylation is 2. The number of ether oxygens (including phenoxy) is 1. The van der Waals surface area contributed by atoms with E-state index in [4.69, 9.17) is 4.74 Å². The molecule has 1 N–H and O–H groups in total. The van der Waals surface area contributed by atoms with Crippen molar-refractivity contribution in [3.63, 3.8) is 0 Å². The van der Waals surface area contributed by atoms with Crippen molar-refractivity contribution in [2.45, 2.75) is 52.1 Å². The lowest BCUT2D eigenvalue weighted by Crippen LogP contribution is -2.43. The predicted octanol–water partition coefficient (Wildman–Crippen LogP) is 3.48. The summed E-state index contributed by atoms with van der Waals surface area (Å²) in [6.07, 6.45) is 5.59. The molecule has 4 nitrogen and oxygen atoms in total. The first kappa shape index (κ1) is 19.5. The molecule has 144 valence electrons. The zero-order valence-corrected chi connectivity index (χ0v) is 16.7. The van der Waals surface area contributed by atoms with Crippen LogP contribution in [0.1, 0.15) is 43.2 Å². The molecule has 0 bridgehead atoms. The number of nitrogens with zero attached hydrogens (tertiary/aromatic N) is 1. The van der Waals surface area contributed by atoms with Crippen molar-refractivity contribution in [3.8, 4) is 5.75 Å². The fraction of sp³-hybridized carbons (Fsp3) is 0.667. The Bertz CT molecular complexity index is 649. The van der Waals surface area contributed by atoms with Gasteiger partial charge in [-0.2, -0.15) is 0 Å². The molecule has 26 heavy (non-hydrogen) atoms. The van der Waals surface area contributed by atoms with Crippen LogP contribution in [0.4, 0.5) is 0 Å². The summed E-state index contributed by atoms with van der Waals surface area (Å²) in [6.45, 7) is 8.09. The van der Waals surface area contributed by atoms with E-state index in [2.05, 4.69) is 42.3 Å². The molecule has 4 rings (SSSR count). The highest BCUT2D eigenvalue weighted by Gasteiger charge is 2.58. The quantitative estimate of drug-likeness (QED) is 0.875. The van der Waals surface area contributed by atoms with E-state index < -0.39 is 0 Å². The van der Waals surface area contributed by atoms with Gasteiger partial charge in [0.1, 0.15) is 11.9 Å². The van der Waals surface area contributed by atoms with E-state index >= 15 is 0 Å². The molecule has 1 unspecified atom stereocenters. The second-order valence-electron chi connectivity index (χ2n) is 8.26. The minimum Gasteiger partial charge on any atom is -0.490 e. The Morgan fingerprint density at radius 3 is 2.50 bits per heavy atom. The monoisotopic (exact) mass is 378 g/mol. The van der Waals surface area contributed by atoms with E-state index in [0.29, 0.717) is 17.2 Å². The fourth-order valence-electron chi connectivity index (χ4n) is 4.57. The Morgan fingerprint density at radius 2 is 1.85 bits per heavy atom. The Morgan fingerprint density at radius 1 is 1.15 bits per heavy atom. The molecule has 2 aliphatic heterocycles. The van der Waals surface area contributed by atoms with Crippen molar-refractivity contribution in [2.75, 3.05) is 26.2 Å². The first-order chi connectivity index (χ1) is 12.1. The maximum Gasteiger partial charge on any atom is 0.226 e. The summed E-state index contributed by atoms with van der Waals surface area (Å²) in [4.78, 5) is 14.9. The van der Waals surface area contributed by atoms with Gasteiger partial charge in [0.25, 0.3) is 0 Å². The molecule has 2 saturated heterocycles. The molecule has 1 aliphatic carbocycles. The van der Waals surface area contributed by atoms with Crippen LogP contribution < -0.4 is 10.1 Å². The molecule has 1 saturated carbocycles. The third kappa shape index (κ3) is 3.86.